The largest absolute Gasteiger partial charge is 0.342 e. The van der Waals surface area contributed by atoms with Crippen LogP contribution in [0.2, 0.25) is 0 Å². The van der Waals surface area contributed by atoms with Crippen molar-refractivity contribution < 1.29 is 9.59 Å². The zero-order valence-corrected chi connectivity index (χ0v) is 15.0. The Bertz CT molecular complexity index is 368. The van der Waals surface area contributed by atoms with E-state index in [1.165, 1.54) is 0 Å². The molecule has 2 amide bonds. The van der Waals surface area contributed by atoms with E-state index in [9.17, 15) is 9.59 Å². The molecule has 0 aromatic carbocycles. The Kier molecular flexibility index (Phi) is 7.33. The molecule has 22 heavy (non-hydrogen) atoms. The van der Waals surface area contributed by atoms with Crippen LogP contribution in [0.5, 0.6) is 0 Å². The number of rotatable bonds is 7. The smallest absolute Gasteiger partial charge is 0.237 e. The summed E-state index contributed by atoms with van der Waals surface area (Å²) in [5.74, 6) is -0.0513. The number of carbonyl (C=O) groups excluding carboxylic acids is 2. The second-order valence-electron chi connectivity index (χ2n) is 6.64. The van der Waals surface area contributed by atoms with Gasteiger partial charge in [0.15, 0.2) is 0 Å². The van der Waals surface area contributed by atoms with E-state index in [0.717, 1.165) is 58.7 Å². The first-order valence-electron chi connectivity index (χ1n) is 8.69. The molecule has 0 bridgehead atoms. The Balaban J connectivity index is 2.74. The Morgan fingerprint density at radius 2 is 1.45 bits per heavy atom. The van der Waals surface area contributed by atoms with E-state index in [0.29, 0.717) is 0 Å². The Morgan fingerprint density at radius 1 is 0.955 bits per heavy atom. The summed E-state index contributed by atoms with van der Waals surface area (Å²) in [7, 11) is 0. The molecule has 5 heteroatoms. The van der Waals surface area contributed by atoms with E-state index in [4.69, 9.17) is 0 Å². The summed E-state index contributed by atoms with van der Waals surface area (Å²) in [6.07, 6.45) is 1.84. The van der Waals surface area contributed by atoms with E-state index in [2.05, 4.69) is 25.7 Å². The van der Waals surface area contributed by atoms with Crippen LogP contribution in [0.4, 0.5) is 0 Å². The number of likely N-dealkylation sites (N-methyl/N-ethyl adjacent to an activating group) is 1. The van der Waals surface area contributed by atoms with Crippen molar-refractivity contribution in [2.24, 2.45) is 5.41 Å². The molecular formula is C17H33N3O2. The van der Waals surface area contributed by atoms with Gasteiger partial charge in [0, 0.05) is 39.3 Å². The van der Waals surface area contributed by atoms with Gasteiger partial charge in [-0.15, -0.1) is 0 Å². The number of hydrogen-bond acceptors (Lipinski definition) is 3. The van der Waals surface area contributed by atoms with Crippen LogP contribution in [0, 0.1) is 5.41 Å². The number of nitrogens with zero attached hydrogens (tertiary/aromatic N) is 3. The molecule has 1 fully saturated rings. The number of carbonyl (C=O) groups is 2. The van der Waals surface area contributed by atoms with Crippen LogP contribution in [0.15, 0.2) is 0 Å². The average molecular weight is 311 g/mol. The molecule has 0 atom stereocenters. The summed E-state index contributed by atoms with van der Waals surface area (Å²) in [6, 6.07) is 0. The van der Waals surface area contributed by atoms with Crippen LogP contribution in [-0.4, -0.2) is 72.3 Å². The van der Waals surface area contributed by atoms with Gasteiger partial charge in [-0.2, -0.15) is 0 Å². The van der Waals surface area contributed by atoms with Crippen LogP contribution < -0.4 is 0 Å². The standard InChI is InChI=1S/C17H33N3O2/c1-6-9-19(10-7-2)15(21)17(4,5)16(22)20-13-11-18(8-3)12-14-20/h6-14H2,1-5H3. The number of hydrogen-bond donors (Lipinski definition) is 0. The molecule has 0 aromatic rings. The van der Waals surface area contributed by atoms with Crippen LogP contribution in [0.1, 0.15) is 47.5 Å². The molecule has 0 saturated carbocycles. The van der Waals surface area contributed by atoms with Gasteiger partial charge in [-0.3, -0.25) is 9.59 Å². The highest BCUT2D eigenvalue weighted by Crippen LogP contribution is 2.24. The predicted molar refractivity (Wildman–Crippen MR) is 89.6 cm³/mol. The van der Waals surface area contributed by atoms with E-state index < -0.39 is 5.41 Å². The zero-order valence-electron chi connectivity index (χ0n) is 15.0. The van der Waals surface area contributed by atoms with Gasteiger partial charge in [0.2, 0.25) is 11.8 Å². The monoisotopic (exact) mass is 311 g/mol. The maximum atomic E-state index is 12.8. The normalized spacial score (nSPS) is 16.7. The van der Waals surface area contributed by atoms with E-state index >= 15 is 0 Å². The van der Waals surface area contributed by atoms with Gasteiger partial charge in [-0.05, 0) is 33.2 Å². The van der Waals surface area contributed by atoms with E-state index in [1.54, 1.807) is 13.8 Å². The fourth-order valence-corrected chi connectivity index (χ4v) is 3.00. The van der Waals surface area contributed by atoms with Gasteiger partial charge in [0.05, 0.1) is 0 Å². The average Bonchev–Trinajstić information content (AvgIpc) is 2.53. The molecule has 1 rings (SSSR count). The van der Waals surface area contributed by atoms with Gasteiger partial charge >= 0.3 is 0 Å². The van der Waals surface area contributed by atoms with Crippen molar-refractivity contribution in [3.63, 3.8) is 0 Å². The molecule has 1 aliphatic rings. The second kappa shape index (κ2) is 8.51. The Labute approximate surface area is 135 Å². The molecular weight excluding hydrogens is 278 g/mol. The molecule has 0 aliphatic carbocycles. The third-order valence-corrected chi connectivity index (χ3v) is 4.45. The Hall–Kier alpha value is -1.10. The molecule has 5 nitrogen and oxygen atoms in total. The molecule has 1 aliphatic heterocycles. The highest BCUT2D eigenvalue weighted by Gasteiger charge is 2.41. The fourth-order valence-electron chi connectivity index (χ4n) is 3.00. The van der Waals surface area contributed by atoms with Gasteiger partial charge in [0.25, 0.3) is 0 Å². The van der Waals surface area contributed by atoms with Crippen molar-refractivity contribution in [2.45, 2.75) is 47.5 Å². The van der Waals surface area contributed by atoms with Crippen molar-refractivity contribution in [1.82, 2.24) is 14.7 Å². The number of amides is 2. The lowest BCUT2D eigenvalue weighted by Gasteiger charge is -2.39. The fraction of sp³-hybridized carbons (Fsp3) is 0.882. The first kappa shape index (κ1) is 18.9. The third kappa shape index (κ3) is 4.45. The minimum atomic E-state index is -0.960. The van der Waals surface area contributed by atoms with Crippen molar-refractivity contribution in [3.8, 4) is 0 Å². The van der Waals surface area contributed by atoms with Gasteiger partial charge < -0.3 is 14.7 Å². The molecule has 128 valence electrons. The maximum absolute atomic E-state index is 12.8. The molecule has 0 spiro atoms. The molecule has 0 unspecified atom stereocenters. The Morgan fingerprint density at radius 3 is 1.86 bits per heavy atom. The summed E-state index contributed by atoms with van der Waals surface area (Å²) in [4.78, 5) is 31.7. The van der Waals surface area contributed by atoms with Crippen LogP contribution in [0.3, 0.4) is 0 Å². The summed E-state index contributed by atoms with van der Waals surface area (Å²) >= 11 is 0. The minimum absolute atomic E-state index is 0.0227. The summed E-state index contributed by atoms with van der Waals surface area (Å²) in [5, 5.41) is 0. The van der Waals surface area contributed by atoms with E-state index in [-0.39, 0.29) is 11.8 Å². The summed E-state index contributed by atoms with van der Waals surface area (Å²) < 4.78 is 0. The molecule has 1 heterocycles. The highest BCUT2D eigenvalue weighted by atomic mass is 16.2. The quantitative estimate of drug-likeness (QED) is 0.674. The van der Waals surface area contributed by atoms with Crippen LogP contribution >= 0.6 is 0 Å². The minimum Gasteiger partial charge on any atom is -0.342 e. The highest BCUT2D eigenvalue weighted by molar-refractivity contribution is 6.04. The van der Waals surface area contributed by atoms with Gasteiger partial charge in [0.1, 0.15) is 5.41 Å². The van der Waals surface area contributed by atoms with Crippen LogP contribution in [0.25, 0.3) is 0 Å². The van der Waals surface area contributed by atoms with Crippen molar-refractivity contribution in [2.75, 3.05) is 45.8 Å². The lowest BCUT2D eigenvalue weighted by atomic mass is 9.89. The molecule has 1 saturated heterocycles. The topological polar surface area (TPSA) is 43.9 Å². The van der Waals surface area contributed by atoms with Gasteiger partial charge in [-0.1, -0.05) is 20.8 Å². The molecule has 0 N–H and O–H groups in total. The predicted octanol–water partition coefficient (Wildman–Crippen LogP) is 1.83. The third-order valence-electron chi connectivity index (χ3n) is 4.45. The van der Waals surface area contributed by atoms with Crippen molar-refractivity contribution in [3.05, 3.63) is 0 Å². The summed E-state index contributed by atoms with van der Waals surface area (Å²) in [6.45, 7) is 15.6. The lowest BCUT2D eigenvalue weighted by molar-refractivity contribution is -0.155. The maximum Gasteiger partial charge on any atom is 0.237 e. The number of piperazine rings is 1. The molecule has 0 aromatic heterocycles. The summed E-state index contributed by atoms with van der Waals surface area (Å²) in [5.41, 5.74) is -0.960. The lowest BCUT2D eigenvalue weighted by Crippen LogP contribution is -2.56. The first-order chi connectivity index (χ1) is 10.4. The van der Waals surface area contributed by atoms with E-state index in [1.807, 2.05) is 9.80 Å². The van der Waals surface area contributed by atoms with Crippen molar-refractivity contribution in [1.29, 1.82) is 0 Å². The zero-order chi connectivity index (χ0) is 16.8. The second-order valence-corrected chi connectivity index (χ2v) is 6.64. The molecule has 0 radical (unpaired) electrons. The van der Waals surface area contributed by atoms with Gasteiger partial charge in [-0.25, -0.2) is 0 Å². The first-order valence-corrected chi connectivity index (χ1v) is 8.69. The van der Waals surface area contributed by atoms with Crippen LogP contribution in [-0.2, 0) is 9.59 Å². The van der Waals surface area contributed by atoms with Crippen molar-refractivity contribution >= 4 is 11.8 Å². The SMILES string of the molecule is CCCN(CCC)C(=O)C(C)(C)C(=O)N1CCN(CC)CC1.